The van der Waals surface area contributed by atoms with E-state index in [9.17, 15) is 0 Å². The minimum Gasteiger partial charge on any atom is -0.455 e. The molecule has 0 aliphatic rings. The number of rotatable bonds is 4. The average Bonchev–Trinajstić information content (AvgIpc) is 3.32. The lowest BCUT2D eigenvalue weighted by atomic mass is 10.2. The monoisotopic (exact) mass is 407 g/mol. The van der Waals surface area contributed by atoms with E-state index in [0.717, 1.165) is 38.4 Å². The van der Waals surface area contributed by atoms with Crippen molar-refractivity contribution in [2.24, 2.45) is 7.05 Å². The summed E-state index contributed by atoms with van der Waals surface area (Å²) in [5.41, 5.74) is 2.62. The van der Waals surface area contributed by atoms with Crippen LogP contribution < -0.4 is 10.1 Å². The number of anilines is 2. The van der Waals surface area contributed by atoms with E-state index >= 15 is 0 Å². The molecular formula is C20H14ClN5OS. The number of nitrogens with zero attached hydrogens (tertiary/aromatic N) is 4. The molecule has 0 saturated heterocycles. The molecule has 0 saturated carbocycles. The third-order valence-corrected chi connectivity index (χ3v) is 5.49. The van der Waals surface area contributed by atoms with Crippen LogP contribution in [0.1, 0.15) is 0 Å². The average molecular weight is 408 g/mol. The van der Waals surface area contributed by atoms with Gasteiger partial charge in [-0.15, -0.1) is 0 Å². The van der Waals surface area contributed by atoms with Gasteiger partial charge in [0.2, 0.25) is 0 Å². The second-order valence-electron chi connectivity index (χ2n) is 6.25. The lowest BCUT2D eigenvalue weighted by Gasteiger charge is -2.12. The predicted molar refractivity (Wildman–Crippen MR) is 113 cm³/mol. The van der Waals surface area contributed by atoms with Gasteiger partial charge in [-0.2, -0.15) is 4.37 Å². The van der Waals surface area contributed by atoms with Crippen LogP contribution in [0.3, 0.4) is 0 Å². The number of nitrogens with one attached hydrogen (secondary N) is 1. The number of aryl methyl sites for hydroxylation is 1. The van der Waals surface area contributed by atoms with E-state index in [1.165, 1.54) is 11.5 Å². The van der Waals surface area contributed by atoms with Crippen LogP contribution in [-0.2, 0) is 7.05 Å². The highest BCUT2D eigenvalue weighted by Gasteiger charge is 2.11. The van der Waals surface area contributed by atoms with Crippen molar-refractivity contribution in [2.75, 3.05) is 5.32 Å². The van der Waals surface area contributed by atoms with Gasteiger partial charge in [0.05, 0.1) is 26.8 Å². The molecule has 0 atom stereocenters. The van der Waals surface area contributed by atoms with Gasteiger partial charge < -0.3 is 14.6 Å². The minimum absolute atomic E-state index is 0.502. The molecule has 3 aromatic heterocycles. The first kappa shape index (κ1) is 17.0. The SMILES string of the molecule is Cn1ccc2ncnc(Nc3ccc(Oc4cccc5sncc45)c(Cl)c3)c21. The standard InChI is InChI=1S/C20H14ClN5OS/c1-26-8-7-15-19(26)20(23-11-22-15)25-12-5-6-17(14(21)9-12)27-16-3-2-4-18-13(16)10-24-28-18/h2-11H,1H3,(H,22,23,25). The summed E-state index contributed by atoms with van der Waals surface area (Å²) in [7, 11) is 1.96. The fraction of sp³-hybridized carbons (Fsp3) is 0.0500. The number of hydrogen-bond donors (Lipinski definition) is 1. The van der Waals surface area contributed by atoms with Crippen LogP contribution in [0.4, 0.5) is 11.5 Å². The van der Waals surface area contributed by atoms with Crippen molar-refractivity contribution in [3.05, 3.63) is 66.2 Å². The molecule has 0 spiro atoms. The topological polar surface area (TPSA) is 64.9 Å². The Bertz CT molecular complexity index is 1310. The van der Waals surface area contributed by atoms with Crippen molar-refractivity contribution in [3.63, 3.8) is 0 Å². The smallest absolute Gasteiger partial charge is 0.158 e. The van der Waals surface area contributed by atoms with E-state index in [0.29, 0.717) is 10.8 Å². The number of halogens is 1. The van der Waals surface area contributed by atoms with E-state index < -0.39 is 0 Å². The number of aromatic nitrogens is 4. The van der Waals surface area contributed by atoms with Crippen LogP contribution in [0.5, 0.6) is 11.5 Å². The molecule has 0 fully saturated rings. The van der Waals surface area contributed by atoms with Crippen LogP contribution >= 0.6 is 23.1 Å². The lowest BCUT2D eigenvalue weighted by molar-refractivity contribution is 0.489. The molecule has 3 heterocycles. The van der Waals surface area contributed by atoms with Crippen molar-refractivity contribution in [3.8, 4) is 11.5 Å². The molecule has 0 radical (unpaired) electrons. The molecule has 0 unspecified atom stereocenters. The van der Waals surface area contributed by atoms with Gasteiger partial charge in [0.15, 0.2) is 5.82 Å². The zero-order valence-corrected chi connectivity index (χ0v) is 16.3. The first-order valence-corrected chi connectivity index (χ1v) is 9.68. The van der Waals surface area contributed by atoms with Crippen LogP contribution in [0, 0.1) is 0 Å². The first-order chi connectivity index (χ1) is 13.7. The number of fused-ring (bicyclic) bond motifs is 2. The highest BCUT2D eigenvalue weighted by Crippen LogP contribution is 2.36. The Hall–Kier alpha value is -3.16. The molecular weight excluding hydrogens is 394 g/mol. The molecule has 6 nitrogen and oxygen atoms in total. The Labute approximate surface area is 169 Å². The van der Waals surface area contributed by atoms with Crippen molar-refractivity contribution in [1.29, 1.82) is 0 Å². The molecule has 5 aromatic rings. The van der Waals surface area contributed by atoms with Gasteiger partial charge in [-0.25, -0.2) is 9.97 Å². The maximum atomic E-state index is 6.48. The largest absolute Gasteiger partial charge is 0.455 e. The Kier molecular flexibility index (Phi) is 4.11. The Balaban J connectivity index is 1.45. The fourth-order valence-electron chi connectivity index (χ4n) is 3.08. The molecule has 0 bridgehead atoms. The summed E-state index contributed by atoms with van der Waals surface area (Å²) in [5, 5.41) is 4.78. The highest BCUT2D eigenvalue weighted by atomic mass is 35.5. The van der Waals surface area contributed by atoms with Crippen molar-refractivity contribution >= 4 is 55.8 Å². The zero-order valence-electron chi connectivity index (χ0n) is 14.8. The second kappa shape index (κ2) is 6.78. The third kappa shape index (κ3) is 2.94. The van der Waals surface area contributed by atoms with Gasteiger partial charge >= 0.3 is 0 Å². The maximum absolute atomic E-state index is 6.48. The summed E-state index contributed by atoms with van der Waals surface area (Å²) in [5.74, 6) is 2.03. The third-order valence-electron chi connectivity index (χ3n) is 4.43. The molecule has 28 heavy (non-hydrogen) atoms. The van der Waals surface area contributed by atoms with Crippen molar-refractivity contribution < 1.29 is 4.74 Å². The van der Waals surface area contributed by atoms with Gasteiger partial charge in [0.1, 0.15) is 23.3 Å². The van der Waals surface area contributed by atoms with Gasteiger partial charge in [0, 0.05) is 18.9 Å². The Morgan fingerprint density at radius 1 is 1.11 bits per heavy atom. The number of ether oxygens (including phenoxy) is 1. The summed E-state index contributed by atoms with van der Waals surface area (Å²) in [6.07, 6.45) is 5.30. The summed E-state index contributed by atoms with van der Waals surface area (Å²) >= 11 is 7.92. The number of benzene rings is 2. The lowest BCUT2D eigenvalue weighted by Crippen LogP contribution is -1.98. The molecule has 0 aliphatic carbocycles. The minimum atomic E-state index is 0.502. The maximum Gasteiger partial charge on any atom is 0.158 e. The van der Waals surface area contributed by atoms with Gasteiger partial charge in [-0.1, -0.05) is 17.7 Å². The quantitative estimate of drug-likeness (QED) is 0.410. The van der Waals surface area contributed by atoms with E-state index in [4.69, 9.17) is 16.3 Å². The fourth-order valence-corrected chi connectivity index (χ4v) is 3.96. The van der Waals surface area contributed by atoms with E-state index in [1.807, 2.05) is 60.3 Å². The summed E-state index contributed by atoms with van der Waals surface area (Å²) in [6, 6.07) is 13.4. The normalized spacial score (nSPS) is 11.2. The van der Waals surface area contributed by atoms with E-state index in [1.54, 1.807) is 12.5 Å². The Morgan fingerprint density at radius 3 is 2.93 bits per heavy atom. The molecule has 0 amide bonds. The van der Waals surface area contributed by atoms with Crippen molar-refractivity contribution in [1.82, 2.24) is 18.9 Å². The van der Waals surface area contributed by atoms with E-state index in [2.05, 4.69) is 19.7 Å². The van der Waals surface area contributed by atoms with Gasteiger partial charge in [-0.05, 0) is 47.9 Å². The molecule has 8 heteroatoms. The van der Waals surface area contributed by atoms with Crippen LogP contribution in [0.15, 0.2) is 61.2 Å². The first-order valence-electron chi connectivity index (χ1n) is 8.53. The molecule has 1 N–H and O–H groups in total. The number of hydrogen-bond acceptors (Lipinski definition) is 6. The Morgan fingerprint density at radius 2 is 2.04 bits per heavy atom. The molecule has 2 aromatic carbocycles. The summed E-state index contributed by atoms with van der Waals surface area (Å²) in [6.45, 7) is 0. The van der Waals surface area contributed by atoms with Crippen LogP contribution in [0.25, 0.3) is 21.1 Å². The van der Waals surface area contributed by atoms with Gasteiger partial charge in [-0.3, -0.25) is 0 Å². The zero-order chi connectivity index (χ0) is 19.1. The molecule has 0 aliphatic heterocycles. The highest BCUT2D eigenvalue weighted by molar-refractivity contribution is 7.13. The van der Waals surface area contributed by atoms with Gasteiger partial charge in [0.25, 0.3) is 0 Å². The van der Waals surface area contributed by atoms with Crippen molar-refractivity contribution in [2.45, 2.75) is 0 Å². The summed E-state index contributed by atoms with van der Waals surface area (Å²) < 4.78 is 13.3. The summed E-state index contributed by atoms with van der Waals surface area (Å²) in [4.78, 5) is 8.64. The van der Waals surface area contributed by atoms with Crippen LogP contribution in [-0.4, -0.2) is 18.9 Å². The predicted octanol–water partition coefficient (Wildman–Crippen LogP) is 5.77. The second-order valence-corrected chi connectivity index (χ2v) is 7.49. The van der Waals surface area contributed by atoms with E-state index in [-0.39, 0.29) is 0 Å². The van der Waals surface area contributed by atoms with Crippen LogP contribution in [0.2, 0.25) is 5.02 Å². The molecule has 5 rings (SSSR count). The molecule has 138 valence electrons.